The molecule has 2 bridgehead atoms. The minimum Gasteiger partial charge on any atom is -0.466 e. The highest BCUT2D eigenvalue weighted by Crippen LogP contribution is 2.48. The number of benzene rings is 2. The van der Waals surface area contributed by atoms with E-state index >= 15 is 0 Å². The zero-order valence-electron chi connectivity index (χ0n) is 12.3. The number of hydrogen-bond acceptors (Lipinski definition) is 2. The summed E-state index contributed by atoms with van der Waals surface area (Å²) in [5.41, 5.74) is 1.32. The predicted molar refractivity (Wildman–Crippen MR) is 97.5 cm³/mol. The molecule has 2 aliphatic heterocycles. The predicted octanol–water partition coefficient (Wildman–Crippen LogP) is 4.93. The number of thiocarbonyl (C=S) groups is 1. The minimum atomic E-state index is -0.615. The lowest BCUT2D eigenvalue weighted by Crippen LogP contribution is -2.65. The third-order valence-corrected chi connectivity index (χ3v) is 5.15. The quantitative estimate of drug-likeness (QED) is 0.725. The summed E-state index contributed by atoms with van der Waals surface area (Å²) in [6.07, 6.45) is 0.757. The van der Waals surface area contributed by atoms with E-state index in [2.05, 4.69) is 5.32 Å². The van der Waals surface area contributed by atoms with Crippen molar-refractivity contribution in [2.45, 2.75) is 25.1 Å². The number of nitrogens with one attached hydrogen (secondary N) is 1. The van der Waals surface area contributed by atoms with E-state index < -0.39 is 5.72 Å². The molecule has 0 saturated carbocycles. The van der Waals surface area contributed by atoms with Crippen LogP contribution >= 0.6 is 35.4 Å². The highest BCUT2D eigenvalue weighted by molar-refractivity contribution is 7.80. The van der Waals surface area contributed by atoms with Crippen molar-refractivity contribution in [2.75, 3.05) is 4.90 Å². The fourth-order valence-corrected chi connectivity index (χ4v) is 4.20. The molecule has 118 valence electrons. The Balaban J connectivity index is 1.84. The third-order valence-electron chi connectivity index (χ3n) is 4.32. The van der Waals surface area contributed by atoms with E-state index in [1.165, 1.54) is 0 Å². The summed E-state index contributed by atoms with van der Waals surface area (Å²) in [7, 11) is 0. The van der Waals surface area contributed by atoms with Gasteiger partial charge in [0.2, 0.25) is 0 Å². The molecule has 1 fully saturated rings. The highest BCUT2D eigenvalue weighted by Gasteiger charge is 2.48. The molecule has 0 unspecified atom stereocenters. The molecule has 1 saturated heterocycles. The van der Waals surface area contributed by atoms with Crippen molar-refractivity contribution in [3.8, 4) is 5.75 Å². The number of ether oxygens (including phenoxy) is 1. The molecular formula is C17H14Cl2N2OS. The van der Waals surface area contributed by atoms with Crippen molar-refractivity contribution >= 4 is 46.2 Å². The van der Waals surface area contributed by atoms with Crippen LogP contribution in [0.15, 0.2) is 42.5 Å². The van der Waals surface area contributed by atoms with Crippen LogP contribution in [0.5, 0.6) is 5.75 Å². The van der Waals surface area contributed by atoms with Crippen LogP contribution in [0.4, 0.5) is 5.69 Å². The van der Waals surface area contributed by atoms with Crippen LogP contribution in [-0.4, -0.2) is 10.8 Å². The van der Waals surface area contributed by atoms with Gasteiger partial charge in [-0.05, 0) is 43.4 Å². The van der Waals surface area contributed by atoms with Gasteiger partial charge in [-0.15, -0.1) is 0 Å². The Morgan fingerprint density at radius 3 is 2.83 bits per heavy atom. The van der Waals surface area contributed by atoms with Crippen LogP contribution < -0.4 is 15.0 Å². The van der Waals surface area contributed by atoms with Crippen LogP contribution in [0.2, 0.25) is 10.0 Å². The largest absolute Gasteiger partial charge is 0.466 e. The number of hydrogen-bond donors (Lipinski definition) is 1. The second kappa shape index (κ2) is 5.26. The van der Waals surface area contributed by atoms with Gasteiger partial charge in [-0.2, -0.15) is 0 Å². The molecule has 0 aromatic heterocycles. The monoisotopic (exact) mass is 364 g/mol. The van der Waals surface area contributed by atoms with Crippen LogP contribution in [0.1, 0.15) is 24.9 Å². The first-order chi connectivity index (χ1) is 11.0. The van der Waals surface area contributed by atoms with Crippen molar-refractivity contribution in [3.05, 3.63) is 58.1 Å². The van der Waals surface area contributed by atoms with Crippen molar-refractivity contribution in [1.29, 1.82) is 0 Å². The Kier molecular flexibility index (Phi) is 3.45. The van der Waals surface area contributed by atoms with Gasteiger partial charge in [0.05, 0.1) is 11.1 Å². The van der Waals surface area contributed by atoms with Crippen LogP contribution in [-0.2, 0) is 0 Å². The standard InChI is InChI=1S/C17H14Cl2N2OS/c1-17-9-14(12-6-3-7-13(19)15(12)22-17)20-16(23)21(17)11-5-2-4-10(18)8-11/h2-8,14H,9H2,1H3,(H,20,23)/t14-,17+/m1/s1. The Hall–Kier alpha value is -1.49. The molecule has 4 rings (SSSR count). The molecule has 0 amide bonds. The number of halogens is 2. The Bertz CT molecular complexity index is 813. The number of anilines is 1. The third kappa shape index (κ3) is 2.36. The lowest BCUT2D eigenvalue weighted by Gasteiger charge is -2.52. The van der Waals surface area contributed by atoms with Crippen LogP contribution in [0.25, 0.3) is 0 Å². The lowest BCUT2D eigenvalue weighted by atomic mass is 9.90. The first-order valence-electron chi connectivity index (χ1n) is 7.32. The fraction of sp³-hybridized carbons (Fsp3) is 0.235. The van der Waals surface area contributed by atoms with Gasteiger partial charge in [0.15, 0.2) is 10.8 Å². The van der Waals surface area contributed by atoms with E-state index in [4.69, 9.17) is 40.2 Å². The van der Waals surface area contributed by atoms with Gasteiger partial charge in [-0.3, -0.25) is 4.90 Å². The van der Waals surface area contributed by atoms with Crippen molar-refractivity contribution in [2.24, 2.45) is 0 Å². The maximum atomic E-state index is 6.35. The van der Waals surface area contributed by atoms with E-state index in [-0.39, 0.29) is 6.04 Å². The normalized spacial score (nSPS) is 25.4. The second-order valence-corrected chi connectivity index (χ2v) is 7.19. The average Bonchev–Trinajstić information content (AvgIpc) is 2.48. The SMILES string of the molecule is C[C@]12C[C@@H](NC(=S)N1c1cccc(Cl)c1)c1cccc(Cl)c1O2. The molecule has 2 heterocycles. The van der Waals surface area contributed by atoms with Crippen molar-refractivity contribution in [3.63, 3.8) is 0 Å². The van der Waals surface area contributed by atoms with Gasteiger partial charge >= 0.3 is 0 Å². The van der Waals surface area contributed by atoms with E-state index in [0.717, 1.165) is 23.4 Å². The molecule has 0 aliphatic carbocycles. The van der Waals surface area contributed by atoms with Gasteiger partial charge in [0.25, 0.3) is 0 Å². The highest BCUT2D eigenvalue weighted by atomic mass is 35.5. The van der Waals surface area contributed by atoms with Gasteiger partial charge in [0.1, 0.15) is 5.75 Å². The Labute approximate surface area is 150 Å². The van der Waals surface area contributed by atoms with Crippen LogP contribution in [0.3, 0.4) is 0 Å². The molecule has 2 aromatic rings. The van der Waals surface area contributed by atoms with Crippen molar-refractivity contribution in [1.82, 2.24) is 5.32 Å². The number of para-hydroxylation sites is 1. The molecule has 6 heteroatoms. The van der Waals surface area contributed by atoms with Gasteiger partial charge in [0, 0.05) is 22.7 Å². The van der Waals surface area contributed by atoms with Crippen molar-refractivity contribution < 1.29 is 4.74 Å². The van der Waals surface area contributed by atoms with E-state index in [1.54, 1.807) is 0 Å². The fourth-order valence-electron chi connectivity index (χ4n) is 3.36. The molecular weight excluding hydrogens is 351 g/mol. The topological polar surface area (TPSA) is 24.5 Å². The molecule has 1 N–H and O–H groups in total. The second-order valence-electron chi connectivity index (χ2n) is 5.96. The number of nitrogens with zero attached hydrogens (tertiary/aromatic N) is 1. The zero-order valence-corrected chi connectivity index (χ0v) is 14.7. The summed E-state index contributed by atoms with van der Waals surface area (Å²) in [5.74, 6) is 0.718. The summed E-state index contributed by atoms with van der Waals surface area (Å²) >= 11 is 18.1. The Morgan fingerprint density at radius 1 is 1.26 bits per heavy atom. The van der Waals surface area contributed by atoms with Gasteiger partial charge in [-0.25, -0.2) is 0 Å². The number of rotatable bonds is 1. The van der Waals surface area contributed by atoms with Crippen LogP contribution in [0, 0.1) is 0 Å². The molecule has 0 spiro atoms. The lowest BCUT2D eigenvalue weighted by molar-refractivity contribution is 0.0499. The molecule has 2 atom stereocenters. The summed E-state index contributed by atoms with van der Waals surface area (Å²) in [5, 5.41) is 5.29. The molecule has 2 aromatic carbocycles. The number of fused-ring (bicyclic) bond motifs is 4. The smallest absolute Gasteiger partial charge is 0.188 e. The minimum absolute atomic E-state index is 0.0883. The molecule has 2 aliphatic rings. The van der Waals surface area contributed by atoms with E-state index in [1.807, 2.05) is 54.3 Å². The van der Waals surface area contributed by atoms with Gasteiger partial charge in [-0.1, -0.05) is 41.4 Å². The first kappa shape index (κ1) is 15.1. The maximum absolute atomic E-state index is 6.35. The average molecular weight is 365 g/mol. The summed E-state index contributed by atoms with van der Waals surface area (Å²) in [6.45, 7) is 2.03. The van der Waals surface area contributed by atoms with E-state index in [9.17, 15) is 0 Å². The van der Waals surface area contributed by atoms with Gasteiger partial charge < -0.3 is 10.1 Å². The summed E-state index contributed by atoms with van der Waals surface area (Å²) < 4.78 is 6.32. The maximum Gasteiger partial charge on any atom is 0.188 e. The first-order valence-corrected chi connectivity index (χ1v) is 8.48. The Morgan fingerprint density at radius 2 is 2.04 bits per heavy atom. The molecule has 23 heavy (non-hydrogen) atoms. The zero-order chi connectivity index (χ0) is 16.2. The molecule has 0 radical (unpaired) electrons. The molecule has 3 nitrogen and oxygen atoms in total. The van der Waals surface area contributed by atoms with E-state index in [0.29, 0.717) is 15.2 Å². The summed E-state index contributed by atoms with van der Waals surface area (Å²) in [6, 6.07) is 13.5. The summed E-state index contributed by atoms with van der Waals surface area (Å²) in [4.78, 5) is 1.97.